The van der Waals surface area contributed by atoms with Gasteiger partial charge in [-0.1, -0.05) is 43.7 Å². The smallest absolute Gasteiger partial charge is 0.0348 e. The predicted molar refractivity (Wildman–Crippen MR) is 60.2 cm³/mol. The molecule has 1 aromatic rings. The van der Waals surface area contributed by atoms with Gasteiger partial charge in [0.05, 0.1) is 0 Å². The van der Waals surface area contributed by atoms with Crippen LogP contribution in [-0.4, -0.2) is 6.54 Å². The summed E-state index contributed by atoms with van der Waals surface area (Å²) in [7, 11) is 0. The van der Waals surface area contributed by atoms with Gasteiger partial charge in [-0.15, -0.1) is 0 Å². The Bertz CT molecular complexity index is 268. The Kier molecular flexibility index (Phi) is 3.20. The van der Waals surface area contributed by atoms with Crippen LogP contribution in [0.15, 0.2) is 30.3 Å². The lowest BCUT2D eigenvalue weighted by atomic mass is 9.85. The standard InChI is InChI=1S/C13H19N/c1-2-11-9-6-10-14-13(11)12-7-4-3-5-8-12/h3-5,7-8,11,13-14H,2,6,9-10H2,1H3/t11-,13+/m1/s1. The van der Waals surface area contributed by atoms with Crippen molar-refractivity contribution in [1.82, 2.24) is 5.32 Å². The molecule has 0 amide bonds. The number of benzene rings is 1. The lowest BCUT2D eigenvalue weighted by molar-refractivity contribution is 0.277. The summed E-state index contributed by atoms with van der Waals surface area (Å²) in [5.41, 5.74) is 1.46. The molecule has 1 aromatic carbocycles. The molecule has 1 heteroatoms. The van der Waals surface area contributed by atoms with Crippen LogP contribution in [0.2, 0.25) is 0 Å². The van der Waals surface area contributed by atoms with Gasteiger partial charge in [-0.3, -0.25) is 0 Å². The van der Waals surface area contributed by atoms with E-state index in [-0.39, 0.29) is 0 Å². The SMILES string of the molecule is CC[C@@H]1CCCN[C@@H]1c1ccccc1. The summed E-state index contributed by atoms with van der Waals surface area (Å²) >= 11 is 0. The van der Waals surface area contributed by atoms with Crippen LogP contribution in [0.1, 0.15) is 37.8 Å². The lowest BCUT2D eigenvalue weighted by Crippen LogP contribution is -2.33. The monoisotopic (exact) mass is 189 g/mol. The van der Waals surface area contributed by atoms with E-state index in [1.54, 1.807) is 0 Å². The zero-order valence-corrected chi connectivity index (χ0v) is 8.87. The van der Waals surface area contributed by atoms with Crippen LogP contribution in [0.4, 0.5) is 0 Å². The minimum absolute atomic E-state index is 0.593. The Balaban J connectivity index is 2.15. The van der Waals surface area contributed by atoms with Crippen molar-refractivity contribution in [1.29, 1.82) is 0 Å². The van der Waals surface area contributed by atoms with E-state index in [0.29, 0.717) is 6.04 Å². The molecular formula is C13H19N. The van der Waals surface area contributed by atoms with Gasteiger partial charge in [0.2, 0.25) is 0 Å². The second-order valence-electron chi connectivity index (χ2n) is 4.15. The van der Waals surface area contributed by atoms with E-state index < -0.39 is 0 Å². The van der Waals surface area contributed by atoms with Crippen LogP contribution in [-0.2, 0) is 0 Å². The maximum absolute atomic E-state index is 3.64. The highest BCUT2D eigenvalue weighted by molar-refractivity contribution is 5.20. The van der Waals surface area contributed by atoms with Crippen molar-refractivity contribution in [3.05, 3.63) is 35.9 Å². The molecule has 0 saturated carbocycles. The fourth-order valence-corrected chi connectivity index (χ4v) is 2.45. The molecule has 0 spiro atoms. The normalized spacial score (nSPS) is 27.5. The number of piperidine rings is 1. The zero-order chi connectivity index (χ0) is 9.80. The lowest BCUT2D eigenvalue weighted by Gasteiger charge is -2.32. The van der Waals surface area contributed by atoms with E-state index >= 15 is 0 Å². The average Bonchev–Trinajstić information content (AvgIpc) is 2.30. The van der Waals surface area contributed by atoms with Crippen molar-refractivity contribution in [2.75, 3.05) is 6.54 Å². The molecule has 1 aliphatic heterocycles. The molecule has 0 radical (unpaired) electrons. The molecule has 1 heterocycles. The van der Waals surface area contributed by atoms with Gasteiger partial charge < -0.3 is 5.32 Å². The first-order chi connectivity index (χ1) is 6.92. The largest absolute Gasteiger partial charge is 0.310 e. The molecule has 14 heavy (non-hydrogen) atoms. The first kappa shape index (κ1) is 9.72. The molecule has 0 aliphatic carbocycles. The Hall–Kier alpha value is -0.820. The molecule has 0 aromatic heterocycles. The summed E-state index contributed by atoms with van der Waals surface area (Å²) in [6.07, 6.45) is 4.00. The summed E-state index contributed by atoms with van der Waals surface area (Å²) in [5, 5.41) is 3.64. The van der Waals surface area contributed by atoms with Crippen LogP contribution in [0.25, 0.3) is 0 Å². The molecule has 1 saturated heterocycles. The molecule has 1 nitrogen and oxygen atoms in total. The van der Waals surface area contributed by atoms with E-state index in [0.717, 1.165) is 5.92 Å². The van der Waals surface area contributed by atoms with Crippen LogP contribution in [0, 0.1) is 5.92 Å². The highest BCUT2D eigenvalue weighted by Crippen LogP contribution is 2.31. The number of nitrogens with one attached hydrogen (secondary N) is 1. The molecule has 1 N–H and O–H groups in total. The van der Waals surface area contributed by atoms with Crippen molar-refractivity contribution >= 4 is 0 Å². The molecule has 1 fully saturated rings. The molecule has 0 unspecified atom stereocenters. The topological polar surface area (TPSA) is 12.0 Å². The maximum atomic E-state index is 3.64. The van der Waals surface area contributed by atoms with Crippen LogP contribution in [0.5, 0.6) is 0 Å². The van der Waals surface area contributed by atoms with Gasteiger partial charge in [-0.05, 0) is 30.9 Å². The third-order valence-electron chi connectivity index (χ3n) is 3.27. The second kappa shape index (κ2) is 4.61. The summed E-state index contributed by atoms with van der Waals surface area (Å²) < 4.78 is 0. The third kappa shape index (κ3) is 1.98. The fraction of sp³-hybridized carbons (Fsp3) is 0.538. The van der Waals surface area contributed by atoms with Gasteiger partial charge in [0, 0.05) is 6.04 Å². The van der Waals surface area contributed by atoms with E-state index in [4.69, 9.17) is 0 Å². The molecule has 1 aliphatic rings. The van der Waals surface area contributed by atoms with E-state index in [1.807, 2.05) is 0 Å². The van der Waals surface area contributed by atoms with Gasteiger partial charge in [0.25, 0.3) is 0 Å². The van der Waals surface area contributed by atoms with Crippen molar-refractivity contribution in [2.45, 2.75) is 32.2 Å². The quantitative estimate of drug-likeness (QED) is 0.753. The molecule has 76 valence electrons. The predicted octanol–water partition coefficient (Wildman–Crippen LogP) is 3.14. The Morgan fingerprint density at radius 3 is 2.79 bits per heavy atom. The third-order valence-corrected chi connectivity index (χ3v) is 3.27. The number of hydrogen-bond acceptors (Lipinski definition) is 1. The molecular weight excluding hydrogens is 170 g/mol. The van der Waals surface area contributed by atoms with Gasteiger partial charge >= 0.3 is 0 Å². The first-order valence-electron chi connectivity index (χ1n) is 5.70. The number of hydrogen-bond donors (Lipinski definition) is 1. The summed E-state index contributed by atoms with van der Waals surface area (Å²) in [6, 6.07) is 11.4. The Labute approximate surface area is 86.5 Å². The van der Waals surface area contributed by atoms with E-state index in [2.05, 4.69) is 42.6 Å². The molecule has 0 bridgehead atoms. The highest BCUT2D eigenvalue weighted by Gasteiger charge is 2.23. The highest BCUT2D eigenvalue weighted by atomic mass is 14.9. The number of rotatable bonds is 2. The summed E-state index contributed by atoms with van der Waals surface area (Å²) in [6.45, 7) is 3.48. The minimum Gasteiger partial charge on any atom is -0.310 e. The summed E-state index contributed by atoms with van der Waals surface area (Å²) in [5.74, 6) is 0.825. The van der Waals surface area contributed by atoms with Crippen molar-refractivity contribution < 1.29 is 0 Å². The molecule has 2 atom stereocenters. The zero-order valence-electron chi connectivity index (χ0n) is 8.87. The first-order valence-corrected chi connectivity index (χ1v) is 5.70. The van der Waals surface area contributed by atoms with Gasteiger partial charge in [0.1, 0.15) is 0 Å². The van der Waals surface area contributed by atoms with Gasteiger partial charge in [-0.2, -0.15) is 0 Å². The minimum atomic E-state index is 0.593. The van der Waals surface area contributed by atoms with Crippen LogP contribution >= 0.6 is 0 Å². The fourth-order valence-electron chi connectivity index (χ4n) is 2.45. The van der Waals surface area contributed by atoms with Crippen molar-refractivity contribution in [2.24, 2.45) is 5.92 Å². The van der Waals surface area contributed by atoms with E-state index in [9.17, 15) is 0 Å². The van der Waals surface area contributed by atoms with Gasteiger partial charge in [-0.25, -0.2) is 0 Å². The Morgan fingerprint density at radius 1 is 1.29 bits per heavy atom. The van der Waals surface area contributed by atoms with E-state index in [1.165, 1.54) is 31.4 Å². The van der Waals surface area contributed by atoms with Crippen LogP contribution < -0.4 is 5.32 Å². The van der Waals surface area contributed by atoms with Crippen molar-refractivity contribution in [3.8, 4) is 0 Å². The molecule has 2 rings (SSSR count). The van der Waals surface area contributed by atoms with Crippen molar-refractivity contribution in [3.63, 3.8) is 0 Å². The average molecular weight is 189 g/mol. The second-order valence-corrected chi connectivity index (χ2v) is 4.15. The van der Waals surface area contributed by atoms with Gasteiger partial charge in [0.15, 0.2) is 0 Å². The Morgan fingerprint density at radius 2 is 2.07 bits per heavy atom. The maximum Gasteiger partial charge on any atom is 0.0348 e. The summed E-state index contributed by atoms with van der Waals surface area (Å²) in [4.78, 5) is 0. The van der Waals surface area contributed by atoms with Crippen LogP contribution in [0.3, 0.4) is 0 Å².